The predicted molar refractivity (Wildman–Crippen MR) is 128 cm³/mol. The molecule has 0 aliphatic heterocycles. The lowest BCUT2D eigenvalue weighted by Crippen LogP contribution is -2.20. The third-order valence-corrected chi connectivity index (χ3v) is 6.69. The van der Waals surface area contributed by atoms with Crippen LogP contribution in [0.1, 0.15) is 5.01 Å². The van der Waals surface area contributed by atoms with Crippen LogP contribution in [0.25, 0.3) is 20.3 Å². The molecule has 0 saturated carbocycles. The van der Waals surface area contributed by atoms with Crippen molar-refractivity contribution in [3.8, 4) is 11.5 Å². The highest BCUT2D eigenvalue weighted by molar-refractivity contribution is 7.21. The third-order valence-electron chi connectivity index (χ3n) is 4.85. The summed E-state index contributed by atoms with van der Waals surface area (Å²) in [6, 6.07) is 11.3. The van der Waals surface area contributed by atoms with E-state index in [0.29, 0.717) is 30.3 Å². The van der Waals surface area contributed by atoms with Crippen LogP contribution in [0, 0.1) is 6.92 Å². The molecule has 0 atom stereocenters. The average Bonchev–Trinajstić information content (AvgIpc) is 3.53. The van der Waals surface area contributed by atoms with Crippen LogP contribution in [0.4, 0.5) is 5.69 Å². The maximum atomic E-state index is 12.6. The number of anilines is 1. The van der Waals surface area contributed by atoms with E-state index in [2.05, 4.69) is 15.3 Å². The largest absolute Gasteiger partial charge is 0.490 e. The number of nitrogens with one attached hydrogen (secondary N) is 1. The highest BCUT2D eigenvalue weighted by Gasteiger charge is 2.14. The monoisotopic (exact) mass is 464 g/mol. The van der Waals surface area contributed by atoms with Crippen LogP contribution in [-0.4, -0.2) is 33.7 Å². The van der Waals surface area contributed by atoms with Gasteiger partial charge in [-0.1, -0.05) is 12.1 Å². The number of thiazole rings is 1. The molecule has 5 rings (SSSR count). The maximum Gasteiger partial charge on any atom is 0.262 e. The summed E-state index contributed by atoms with van der Waals surface area (Å²) >= 11 is 3.25. The number of para-hydroxylation sites is 2. The van der Waals surface area contributed by atoms with E-state index in [9.17, 15) is 4.79 Å². The Labute approximate surface area is 192 Å². The number of benzene rings is 2. The standard InChI is InChI=1S/C23H20N4O3S2/c1-15-25-22-20(32-15)12-19(16-6-11-31-23(16)22)30-13-21(28)26-17-4-2-3-5-18(17)29-10-9-27-8-7-24-14-27/h2-8,11-12,14H,9-10,13H2,1H3,(H,26,28). The van der Waals surface area contributed by atoms with Gasteiger partial charge in [-0.05, 0) is 30.5 Å². The van der Waals surface area contributed by atoms with Gasteiger partial charge in [-0.25, -0.2) is 9.97 Å². The first kappa shape index (κ1) is 20.5. The molecule has 1 amide bonds. The summed E-state index contributed by atoms with van der Waals surface area (Å²) < 4.78 is 15.9. The molecule has 32 heavy (non-hydrogen) atoms. The van der Waals surface area contributed by atoms with Crippen molar-refractivity contribution in [3.63, 3.8) is 0 Å². The molecule has 0 aliphatic rings. The minimum absolute atomic E-state index is 0.0996. The minimum Gasteiger partial charge on any atom is -0.490 e. The number of aryl methyl sites for hydroxylation is 1. The van der Waals surface area contributed by atoms with Gasteiger partial charge in [-0.3, -0.25) is 4.79 Å². The third kappa shape index (κ3) is 4.30. The number of carbonyl (C=O) groups excluding carboxylic acids is 1. The number of nitrogens with zero attached hydrogens (tertiary/aromatic N) is 3. The molecule has 3 heterocycles. The number of hydrogen-bond acceptors (Lipinski definition) is 7. The van der Waals surface area contributed by atoms with Gasteiger partial charge < -0.3 is 19.4 Å². The molecule has 3 aromatic heterocycles. The van der Waals surface area contributed by atoms with E-state index >= 15 is 0 Å². The highest BCUT2D eigenvalue weighted by atomic mass is 32.1. The summed E-state index contributed by atoms with van der Waals surface area (Å²) in [6.07, 6.45) is 5.35. The lowest BCUT2D eigenvalue weighted by Gasteiger charge is -2.13. The molecule has 5 aromatic rings. The van der Waals surface area contributed by atoms with Crippen LogP contribution < -0.4 is 14.8 Å². The van der Waals surface area contributed by atoms with E-state index in [1.54, 1.807) is 35.2 Å². The molecule has 0 spiro atoms. The normalized spacial score (nSPS) is 11.2. The molecule has 162 valence electrons. The van der Waals surface area contributed by atoms with Gasteiger partial charge in [0.15, 0.2) is 6.61 Å². The lowest BCUT2D eigenvalue weighted by molar-refractivity contribution is -0.118. The molecule has 2 aromatic carbocycles. The zero-order valence-corrected chi connectivity index (χ0v) is 18.9. The number of ether oxygens (including phenoxy) is 2. The van der Waals surface area contributed by atoms with Gasteiger partial charge in [-0.2, -0.15) is 0 Å². The van der Waals surface area contributed by atoms with Crippen LogP contribution in [-0.2, 0) is 11.3 Å². The first-order chi connectivity index (χ1) is 15.7. The maximum absolute atomic E-state index is 12.6. The molecule has 1 N–H and O–H groups in total. The molecule has 7 nitrogen and oxygen atoms in total. The van der Waals surface area contributed by atoms with Crippen molar-refractivity contribution in [2.24, 2.45) is 0 Å². The number of aromatic nitrogens is 3. The van der Waals surface area contributed by atoms with Gasteiger partial charge in [0.05, 0.1) is 38.5 Å². The van der Waals surface area contributed by atoms with Crippen LogP contribution >= 0.6 is 22.7 Å². The number of fused-ring (bicyclic) bond motifs is 3. The fourth-order valence-corrected chi connectivity index (χ4v) is 5.24. The molecular formula is C23H20N4O3S2. The predicted octanol–water partition coefficient (Wildman–Crippen LogP) is 5.11. The number of carbonyl (C=O) groups is 1. The number of imidazole rings is 1. The van der Waals surface area contributed by atoms with Crippen molar-refractivity contribution in [2.45, 2.75) is 13.5 Å². The first-order valence-electron chi connectivity index (χ1n) is 10.0. The Morgan fingerprint density at radius 1 is 1.19 bits per heavy atom. The Kier molecular flexibility index (Phi) is 5.74. The quantitative estimate of drug-likeness (QED) is 0.345. The van der Waals surface area contributed by atoms with Crippen molar-refractivity contribution in [1.82, 2.24) is 14.5 Å². The fraction of sp³-hybridized carbons (Fsp3) is 0.174. The smallest absolute Gasteiger partial charge is 0.262 e. The molecule has 0 unspecified atom stereocenters. The minimum atomic E-state index is -0.250. The topological polar surface area (TPSA) is 78.3 Å². The Morgan fingerprint density at radius 3 is 2.97 bits per heavy atom. The van der Waals surface area contributed by atoms with Crippen LogP contribution in [0.15, 0.2) is 60.5 Å². The first-order valence-corrected chi connectivity index (χ1v) is 11.7. The highest BCUT2D eigenvalue weighted by Crippen LogP contribution is 2.38. The fourth-order valence-electron chi connectivity index (χ4n) is 3.41. The van der Waals surface area contributed by atoms with E-state index in [1.807, 2.05) is 59.5 Å². The van der Waals surface area contributed by atoms with Crippen molar-refractivity contribution in [3.05, 3.63) is 65.5 Å². The molecule has 9 heteroatoms. The summed E-state index contributed by atoms with van der Waals surface area (Å²) in [7, 11) is 0. The average molecular weight is 465 g/mol. The summed E-state index contributed by atoms with van der Waals surface area (Å²) in [5.41, 5.74) is 1.61. The van der Waals surface area contributed by atoms with Gasteiger partial charge >= 0.3 is 0 Å². The van der Waals surface area contributed by atoms with Crippen molar-refractivity contribution in [1.29, 1.82) is 0 Å². The zero-order valence-electron chi connectivity index (χ0n) is 17.3. The van der Waals surface area contributed by atoms with Crippen molar-refractivity contribution < 1.29 is 14.3 Å². The molecular weight excluding hydrogens is 444 g/mol. The van der Waals surface area contributed by atoms with E-state index in [-0.39, 0.29) is 12.5 Å². The van der Waals surface area contributed by atoms with Crippen LogP contribution in [0.2, 0.25) is 0 Å². The molecule has 0 radical (unpaired) electrons. The zero-order chi connectivity index (χ0) is 21.9. The summed E-state index contributed by atoms with van der Waals surface area (Å²) in [6.45, 7) is 3.02. The number of amides is 1. The van der Waals surface area contributed by atoms with E-state index in [1.165, 1.54) is 0 Å². The van der Waals surface area contributed by atoms with E-state index in [0.717, 1.165) is 25.3 Å². The van der Waals surface area contributed by atoms with E-state index in [4.69, 9.17) is 9.47 Å². The van der Waals surface area contributed by atoms with Gasteiger partial charge in [0.2, 0.25) is 0 Å². The molecule has 0 saturated heterocycles. The summed E-state index contributed by atoms with van der Waals surface area (Å²) in [5, 5.41) is 6.89. The number of rotatable bonds is 8. The second kappa shape index (κ2) is 8.97. The summed E-state index contributed by atoms with van der Waals surface area (Å²) in [4.78, 5) is 21.3. The SMILES string of the molecule is Cc1nc2c(cc(OCC(=O)Nc3ccccc3OCCn3ccnc3)c3ccsc32)s1. The molecule has 0 aliphatic carbocycles. The van der Waals surface area contributed by atoms with E-state index < -0.39 is 0 Å². The van der Waals surface area contributed by atoms with Crippen LogP contribution in [0.5, 0.6) is 11.5 Å². The number of thiophene rings is 1. The Balaban J connectivity index is 1.25. The summed E-state index contributed by atoms with van der Waals surface area (Å²) in [5.74, 6) is 1.06. The Morgan fingerprint density at radius 2 is 2.09 bits per heavy atom. The second-order valence-corrected chi connectivity index (χ2v) is 9.25. The van der Waals surface area contributed by atoms with Crippen molar-refractivity contribution >= 4 is 54.6 Å². The number of hydrogen-bond donors (Lipinski definition) is 1. The molecule has 0 fully saturated rings. The second-order valence-electron chi connectivity index (χ2n) is 7.10. The van der Waals surface area contributed by atoms with Gasteiger partial charge in [-0.15, -0.1) is 22.7 Å². The van der Waals surface area contributed by atoms with Gasteiger partial charge in [0.1, 0.15) is 18.1 Å². The van der Waals surface area contributed by atoms with Crippen molar-refractivity contribution in [2.75, 3.05) is 18.5 Å². The van der Waals surface area contributed by atoms with Gasteiger partial charge in [0, 0.05) is 23.8 Å². The molecule has 0 bridgehead atoms. The Bertz CT molecular complexity index is 1370. The Hall–Kier alpha value is -3.43. The lowest BCUT2D eigenvalue weighted by atomic mass is 10.2. The van der Waals surface area contributed by atoms with Crippen LogP contribution in [0.3, 0.4) is 0 Å². The van der Waals surface area contributed by atoms with Gasteiger partial charge in [0.25, 0.3) is 5.91 Å².